The van der Waals surface area contributed by atoms with E-state index in [4.69, 9.17) is 8.83 Å². The Morgan fingerprint density at radius 3 is 1.96 bits per heavy atom. The smallest absolute Gasteiger partial charge is 0.148 e. The molecule has 6 aromatic rings. The van der Waals surface area contributed by atoms with Crippen LogP contribution in [0.4, 0.5) is 5.00 Å². The Hall–Kier alpha value is -2.50. The predicted molar refractivity (Wildman–Crippen MR) is 109 cm³/mol. The van der Waals surface area contributed by atoms with Crippen LogP contribution in [0.15, 0.2) is 45.2 Å². The zero-order valence-corrected chi connectivity index (χ0v) is 15.2. The van der Waals surface area contributed by atoms with E-state index in [-0.39, 0.29) is 0 Å². The molecule has 5 heteroatoms. The first-order valence-corrected chi connectivity index (χ1v) is 9.73. The second kappa shape index (κ2) is 4.56. The zero-order chi connectivity index (χ0) is 16.7. The molecule has 0 unspecified atom stereocenters. The second-order valence-corrected chi connectivity index (χ2v) is 8.66. The quantitative estimate of drug-likeness (QED) is 0.338. The van der Waals surface area contributed by atoms with Crippen LogP contribution in [0, 0.1) is 6.92 Å². The molecule has 0 saturated heterocycles. The van der Waals surface area contributed by atoms with Gasteiger partial charge in [0.15, 0.2) is 0 Å². The standard InChI is InChI=1S/C20H13NO2S2/c1-9-3-16-19(24-9)12-4-10-7-15-13(5-11(10)6-14(12)22-16)20-17(23-15)8-18(21-2)25-20/h3-8,21H,1-2H3. The molecule has 0 atom stereocenters. The molecule has 0 spiro atoms. The van der Waals surface area contributed by atoms with Crippen LogP contribution < -0.4 is 5.32 Å². The fourth-order valence-corrected chi connectivity index (χ4v) is 5.50. The number of hydrogen-bond donors (Lipinski definition) is 1. The van der Waals surface area contributed by atoms with E-state index < -0.39 is 0 Å². The molecular formula is C20H13NO2S2. The largest absolute Gasteiger partial charge is 0.455 e. The first kappa shape index (κ1) is 13.8. The van der Waals surface area contributed by atoms with Gasteiger partial charge in [-0.05, 0) is 48.0 Å². The number of hydrogen-bond acceptors (Lipinski definition) is 5. The molecule has 4 heterocycles. The Morgan fingerprint density at radius 2 is 1.32 bits per heavy atom. The lowest BCUT2D eigenvalue weighted by molar-refractivity contribution is 0.669. The third-order valence-electron chi connectivity index (χ3n) is 4.73. The highest BCUT2D eigenvalue weighted by Crippen LogP contribution is 2.41. The van der Waals surface area contributed by atoms with Crippen molar-refractivity contribution in [2.45, 2.75) is 6.92 Å². The first-order valence-electron chi connectivity index (χ1n) is 8.10. The van der Waals surface area contributed by atoms with Gasteiger partial charge in [0, 0.05) is 28.8 Å². The number of benzene rings is 2. The summed E-state index contributed by atoms with van der Waals surface area (Å²) >= 11 is 3.51. The lowest BCUT2D eigenvalue weighted by Gasteiger charge is -1.99. The molecule has 0 aliphatic rings. The average Bonchev–Trinajstić information content (AvgIpc) is 3.30. The van der Waals surface area contributed by atoms with Crippen LogP contribution in [0.3, 0.4) is 0 Å². The molecule has 2 aromatic carbocycles. The van der Waals surface area contributed by atoms with Crippen molar-refractivity contribution in [1.29, 1.82) is 0 Å². The number of aryl methyl sites for hydroxylation is 1. The van der Waals surface area contributed by atoms with Gasteiger partial charge in [-0.3, -0.25) is 0 Å². The SMILES string of the molecule is CNc1cc2oc3cc4cc5c(cc4cc3c2s1)oc1cc(C)sc15. The van der Waals surface area contributed by atoms with Crippen LogP contribution in [0.1, 0.15) is 4.88 Å². The van der Waals surface area contributed by atoms with E-state index in [0.29, 0.717) is 0 Å². The molecule has 122 valence electrons. The Kier molecular flexibility index (Phi) is 2.51. The molecule has 1 N–H and O–H groups in total. The molecule has 0 aliphatic carbocycles. The minimum absolute atomic E-state index is 0.942. The second-order valence-electron chi connectivity index (χ2n) is 6.35. The summed E-state index contributed by atoms with van der Waals surface area (Å²) < 4.78 is 14.6. The highest BCUT2D eigenvalue weighted by Gasteiger charge is 2.15. The van der Waals surface area contributed by atoms with Gasteiger partial charge in [0.2, 0.25) is 0 Å². The van der Waals surface area contributed by atoms with Crippen molar-refractivity contribution in [2.24, 2.45) is 0 Å². The Morgan fingerprint density at radius 1 is 0.720 bits per heavy atom. The predicted octanol–water partition coefficient (Wildman–Crippen LogP) is 7.11. The maximum atomic E-state index is 6.08. The number of anilines is 1. The molecule has 3 nitrogen and oxygen atoms in total. The van der Waals surface area contributed by atoms with E-state index in [2.05, 4.69) is 48.6 Å². The minimum Gasteiger partial charge on any atom is -0.455 e. The number of furan rings is 2. The van der Waals surface area contributed by atoms with E-state index >= 15 is 0 Å². The summed E-state index contributed by atoms with van der Waals surface area (Å²) in [5, 5.41) is 9.02. The van der Waals surface area contributed by atoms with Crippen molar-refractivity contribution in [3.8, 4) is 0 Å². The van der Waals surface area contributed by atoms with Crippen LogP contribution in [-0.2, 0) is 0 Å². The molecule has 6 rings (SSSR count). The summed E-state index contributed by atoms with van der Waals surface area (Å²) in [5.41, 5.74) is 3.82. The summed E-state index contributed by atoms with van der Waals surface area (Å²) in [6, 6.07) is 12.9. The van der Waals surface area contributed by atoms with Gasteiger partial charge < -0.3 is 14.2 Å². The first-order chi connectivity index (χ1) is 12.2. The van der Waals surface area contributed by atoms with Gasteiger partial charge in [0.1, 0.15) is 22.3 Å². The van der Waals surface area contributed by atoms with E-state index in [9.17, 15) is 0 Å². The fraction of sp³-hybridized carbons (Fsp3) is 0.100. The number of nitrogens with one attached hydrogen (secondary N) is 1. The van der Waals surface area contributed by atoms with Gasteiger partial charge in [-0.1, -0.05) is 0 Å². The summed E-state index contributed by atoms with van der Waals surface area (Å²) in [6.07, 6.45) is 0. The third kappa shape index (κ3) is 1.79. The zero-order valence-electron chi connectivity index (χ0n) is 13.6. The Balaban J connectivity index is 1.72. The van der Waals surface area contributed by atoms with Crippen molar-refractivity contribution in [3.63, 3.8) is 0 Å². The van der Waals surface area contributed by atoms with Crippen LogP contribution >= 0.6 is 22.7 Å². The molecule has 0 bridgehead atoms. The van der Waals surface area contributed by atoms with Gasteiger partial charge in [0.25, 0.3) is 0 Å². The Labute approximate surface area is 150 Å². The van der Waals surface area contributed by atoms with Gasteiger partial charge in [-0.2, -0.15) is 0 Å². The lowest BCUT2D eigenvalue weighted by Crippen LogP contribution is -1.80. The molecule has 25 heavy (non-hydrogen) atoms. The van der Waals surface area contributed by atoms with Crippen molar-refractivity contribution in [1.82, 2.24) is 0 Å². The van der Waals surface area contributed by atoms with E-state index in [1.165, 1.54) is 30.4 Å². The molecular weight excluding hydrogens is 350 g/mol. The monoisotopic (exact) mass is 363 g/mol. The maximum Gasteiger partial charge on any atom is 0.148 e. The van der Waals surface area contributed by atoms with Crippen LogP contribution in [0.25, 0.3) is 53.3 Å². The summed E-state index contributed by atoms with van der Waals surface area (Å²) in [4.78, 5) is 1.28. The normalized spacial score (nSPS) is 12.4. The maximum absolute atomic E-state index is 6.08. The molecule has 0 radical (unpaired) electrons. The van der Waals surface area contributed by atoms with Gasteiger partial charge in [-0.15, -0.1) is 22.7 Å². The summed E-state index contributed by atoms with van der Waals surface area (Å²) in [5.74, 6) is 0. The van der Waals surface area contributed by atoms with Crippen molar-refractivity contribution in [2.75, 3.05) is 12.4 Å². The molecule has 0 saturated carbocycles. The number of rotatable bonds is 1. The van der Waals surface area contributed by atoms with E-state index in [0.717, 1.165) is 32.7 Å². The molecule has 0 amide bonds. The highest BCUT2D eigenvalue weighted by molar-refractivity contribution is 7.23. The van der Waals surface area contributed by atoms with Gasteiger partial charge >= 0.3 is 0 Å². The molecule has 0 aliphatic heterocycles. The Bertz CT molecular complexity index is 1440. The minimum atomic E-state index is 0.942. The van der Waals surface area contributed by atoms with Crippen LogP contribution in [0.2, 0.25) is 0 Å². The van der Waals surface area contributed by atoms with E-state index in [1.807, 2.05) is 7.05 Å². The van der Waals surface area contributed by atoms with Crippen molar-refractivity contribution >= 4 is 81.0 Å². The lowest BCUT2D eigenvalue weighted by atomic mass is 10.1. The van der Waals surface area contributed by atoms with Crippen LogP contribution in [0.5, 0.6) is 0 Å². The third-order valence-corrected chi connectivity index (χ3v) is 6.96. The fourth-order valence-electron chi connectivity index (χ4n) is 3.58. The average molecular weight is 363 g/mol. The number of fused-ring (bicyclic) bond motifs is 7. The topological polar surface area (TPSA) is 38.3 Å². The molecule has 0 fully saturated rings. The molecule has 4 aromatic heterocycles. The number of thiophene rings is 2. The van der Waals surface area contributed by atoms with Crippen molar-refractivity contribution in [3.05, 3.63) is 41.3 Å². The summed E-state index contributed by atoms with van der Waals surface area (Å²) in [7, 11) is 1.93. The van der Waals surface area contributed by atoms with E-state index in [1.54, 1.807) is 22.7 Å². The van der Waals surface area contributed by atoms with Gasteiger partial charge in [-0.25, -0.2) is 0 Å². The highest BCUT2D eigenvalue weighted by atomic mass is 32.1. The van der Waals surface area contributed by atoms with Crippen LogP contribution in [-0.4, -0.2) is 7.05 Å². The summed E-state index contributed by atoms with van der Waals surface area (Å²) in [6.45, 7) is 2.12. The van der Waals surface area contributed by atoms with Gasteiger partial charge in [0.05, 0.1) is 14.4 Å². The van der Waals surface area contributed by atoms with Crippen molar-refractivity contribution < 1.29 is 8.83 Å².